The van der Waals surface area contributed by atoms with Crippen molar-refractivity contribution < 1.29 is 8.42 Å². The Kier molecular flexibility index (Phi) is 2.76. The molecule has 2 aromatic heterocycles. The molecular formula is C11H7BrN2O2S2. The first-order valence-corrected chi connectivity index (χ1v) is 8.07. The third-order valence-electron chi connectivity index (χ3n) is 2.48. The molecular weight excluding hydrogens is 336 g/mol. The number of imidazole rings is 1. The number of para-hydroxylation sites is 2. The van der Waals surface area contributed by atoms with Crippen LogP contribution in [0.1, 0.15) is 0 Å². The number of benzene rings is 1. The van der Waals surface area contributed by atoms with E-state index < -0.39 is 10.0 Å². The van der Waals surface area contributed by atoms with E-state index in [0.29, 0.717) is 11.0 Å². The highest BCUT2D eigenvalue weighted by Crippen LogP contribution is 2.29. The fourth-order valence-electron chi connectivity index (χ4n) is 1.66. The zero-order chi connectivity index (χ0) is 12.8. The fourth-order valence-corrected chi connectivity index (χ4v) is 5.05. The predicted molar refractivity (Wildman–Crippen MR) is 74.3 cm³/mol. The van der Waals surface area contributed by atoms with E-state index in [1.54, 1.807) is 30.3 Å². The van der Waals surface area contributed by atoms with Crippen LogP contribution in [0.3, 0.4) is 0 Å². The van der Waals surface area contributed by atoms with Crippen LogP contribution in [0.25, 0.3) is 11.0 Å². The van der Waals surface area contributed by atoms with Crippen LogP contribution in [0.15, 0.2) is 50.7 Å². The van der Waals surface area contributed by atoms with Gasteiger partial charge in [-0.15, -0.1) is 11.3 Å². The fraction of sp³-hybridized carbons (Fsp3) is 0. The number of rotatable bonds is 2. The average Bonchev–Trinajstić information content (AvgIpc) is 2.95. The lowest BCUT2D eigenvalue weighted by Crippen LogP contribution is -2.10. The van der Waals surface area contributed by atoms with Gasteiger partial charge in [-0.05, 0) is 40.2 Å². The summed E-state index contributed by atoms with van der Waals surface area (Å²) in [6.45, 7) is 0. The maximum Gasteiger partial charge on any atom is 0.279 e. The Balaban J connectivity index is 2.26. The summed E-state index contributed by atoms with van der Waals surface area (Å²) in [5, 5.41) is 0. The van der Waals surface area contributed by atoms with Gasteiger partial charge >= 0.3 is 0 Å². The number of thiophene rings is 1. The van der Waals surface area contributed by atoms with Gasteiger partial charge in [-0.25, -0.2) is 8.96 Å². The molecule has 92 valence electrons. The van der Waals surface area contributed by atoms with Gasteiger partial charge in [0.05, 0.1) is 14.8 Å². The molecule has 0 radical (unpaired) electrons. The maximum absolute atomic E-state index is 12.4. The summed E-state index contributed by atoms with van der Waals surface area (Å²) in [6.07, 6.45) is 1.34. The van der Waals surface area contributed by atoms with E-state index in [2.05, 4.69) is 20.9 Å². The van der Waals surface area contributed by atoms with Crippen LogP contribution in [0.2, 0.25) is 0 Å². The van der Waals surface area contributed by atoms with Crippen molar-refractivity contribution in [3.05, 3.63) is 46.5 Å². The molecule has 0 amide bonds. The van der Waals surface area contributed by atoms with Crippen molar-refractivity contribution >= 4 is 48.3 Å². The van der Waals surface area contributed by atoms with E-state index in [1.165, 1.54) is 21.6 Å². The van der Waals surface area contributed by atoms with E-state index in [4.69, 9.17) is 0 Å². The molecule has 3 rings (SSSR count). The monoisotopic (exact) mass is 342 g/mol. The van der Waals surface area contributed by atoms with Gasteiger partial charge in [0.15, 0.2) is 0 Å². The molecule has 0 atom stereocenters. The second-order valence-electron chi connectivity index (χ2n) is 3.59. The topological polar surface area (TPSA) is 52.0 Å². The minimum Gasteiger partial charge on any atom is -0.236 e. The van der Waals surface area contributed by atoms with Crippen molar-refractivity contribution in [1.29, 1.82) is 0 Å². The Morgan fingerprint density at radius 3 is 2.67 bits per heavy atom. The van der Waals surface area contributed by atoms with Crippen LogP contribution in [0.4, 0.5) is 0 Å². The molecule has 18 heavy (non-hydrogen) atoms. The van der Waals surface area contributed by atoms with Gasteiger partial charge in [0, 0.05) is 0 Å². The summed E-state index contributed by atoms with van der Waals surface area (Å²) in [5.41, 5.74) is 1.25. The van der Waals surface area contributed by atoms with E-state index in [-0.39, 0.29) is 4.21 Å². The van der Waals surface area contributed by atoms with Crippen molar-refractivity contribution in [2.75, 3.05) is 0 Å². The van der Waals surface area contributed by atoms with Crippen molar-refractivity contribution in [2.45, 2.75) is 4.21 Å². The van der Waals surface area contributed by atoms with Crippen molar-refractivity contribution in [1.82, 2.24) is 8.96 Å². The highest BCUT2D eigenvalue weighted by atomic mass is 79.9. The summed E-state index contributed by atoms with van der Waals surface area (Å²) in [5.74, 6) is 0. The Morgan fingerprint density at radius 2 is 1.94 bits per heavy atom. The van der Waals surface area contributed by atoms with Gasteiger partial charge in [-0.2, -0.15) is 8.42 Å². The largest absolute Gasteiger partial charge is 0.279 e. The Morgan fingerprint density at radius 1 is 1.17 bits per heavy atom. The Labute approximate surface area is 116 Å². The van der Waals surface area contributed by atoms with Crippen LogP contribution in [0.5, 0.6) is 0 Å². The van der Waals surface area contributed by atoms with E-state index >= 15 is 0 Å². The predicted octanol–water partition coefficient (Wildman–Crippen LogP) is 3.10. The number of aromatic nitrogens is 2. The molecule has 2 heterocycles. The van der Waals surface area contributed by atoms with Crippen LogP contribution in [0, 0.1) is 0 Å². The zero-order valence-electron chi connectivity index (χ0n) is 8.95. The molecule has 0 saturated heterocycles. The third kappa shape index (κ3) is 1.79. The molecule has 0 bridgehead atoms. The van der Waals surface area contributed by atoms with E-state index in [1.807, 2.05) is 6.07 Å². The van der Waals surface area contributed by atoms with E-state index in [0.717, 1.165) is 3.79 Å². The molecule has 0 N–H and O–H groups in total. The van der Waals surface area contributed by atoms with E-state index in [9.17, 15) is 8.42 Å². The Hall–Kier alpha value is -1.18. The highest BCUT2D eigenvalue weighted by molar-refractivity contribution is 9.11. The molecule has 4 nitrogen and oxygen atoms in total. The molecule has 0 fully saturated rings. The molecule has 1 aromatic carbocycles. The summed E-state index contributed by atoms with van der Waals surface area (Å²) in [6, 6.07) is 10.4. The zero-order valence-corrected chi connectivity index (χ0v) is 12.2. The normalized spacial score (nSPS) is 12.1. The molecule has 0 unspecified atom stereocenters. The van der Waals surface area contributed by atoms with Crippen LogP contribution < -0.4 is 0 Å². The van der Waals surface area contributed by atoms with Gasteiger partial charge in [0.1, 0.15) is 10.5 Å². The second kappa shape index (κ2) is 4.18. The lowest BCUT2D eigenvalue weighted by molar-refractivity contribution is 0.591. The number of halogens is 1. The highest BCUT2D eigenvalue weighted by Gasteiger charge is 2.21. The van der Waals surface area contributed by atoms with Crippen LogP contribution in [-0.2, 0) is 10.0 Å². The molecule has 0 aliphatic heterocycles. The van der Waals surface area contributed by atoms with Gasteiger partial charge in [0.25, 0.3) is 10.0 Å². The smallest absolute Gasteiger partial charge is 0.236 e. The quantitative estimate of drug-likeness (QED) is 0.718. The second-order valence-corrected chi connectivity index (χ2v) is 8.10. The lowest BCUT2D eigenvalue weighted by Gasteiger charge is -2.03. The molecule has 0 aliphatic carbocycles. The molecule has 0 saturated carbocycles. The van der Waals surface area contributed by atoms with Gasteiger partial charge in [-0.1, -0.05) is 12.1 Å². The number of fused-ring (bicyclic) bond motifs is 1. The first kappa shape index (κ1) is 11.9. The van der Waals surface area contributed by atoms with Crippen molar-refractivity contribution in [2.24, 2.45) is 0 Å². The lowest BCUT2D eigenvalue weighted by atomic mass is 10.3. The first-order chi connectivity index (χ1) is 8.59. The molecule has 7 heteroatoms. The summed E-state index contributed by atoms with van der Waals surface area (Å²) in [7, 11) is -3.56. The average molecular weight is 343 g/mol. The third-order valence-corrected chi connectivity index (χ3v) is 6.24. The minimum atomic E-state index is -3.56. The summed E-state index contributed by atoms with van der Waals surface area (Å²) < 4.78 is 27.2. The van der Waals surface area contributed by atoms with Gasteiger partial charge in [0.2, 0.25) is 0 Å². The molecule has 0 spiro atoms. The van der Waals surface area contributed by atoms with Gasteiger partial charge < -0.3 is 0 Å². The summed E-state index contributed by atoms with van der Waals surface area (Å²) >= 11 is 4.45. The van der Waals surface area contributed by atoms with Crippen molar-refractivity contribution in [3.63, 3.8) is 0 Å². The summed E-state index contributed by atoms with van der Waals surface area (Å²) in [4.78, 5) is 4.09. The van der Waals surface area contributed by atoms with Crippen molar-refractivity contribution in [3.8, 4) is 0 Å². The van der Waals surface area contributed by atoms with Crippen LogP contribution in [-0.4, -0.2) is 17.4 Å². The van der Waals surface area contributed by atoms with Crippen LogP contribution >= 0.6 is 27.3 Å². The number of hydrogen-bond donors (Lipinski definition) is 0. The number of hydrogen-bond acceptors (Lipinski definition) is 4. The standard InChI is InChI=1S/C11H7BrN2O2S2/c12-10-5-6-11(17-10)18(15,16)14-7-13-8-3-1-2-4-9(8)14/h1-7H. The maximum atomic E-state index is 12.4. The first-order valence-electron chi connectivity index (χ1n) is 5.02. The minimum absolute atomic E-state index is 0.289. The SMILES string of the molecule is O=S(=O)(c1ccc(Br)s1)n1cnc2ccccc21. The molecule has 0 aliphatic rings. The molecule has 3 aromatic rings. The van der Waals surface area contributed by atoms with Gasteiger partial charge in [-0.3, -0.25) is 0 Å². The number of nitrogens with zero attached hydrogens (tertiary/aromatic N) is 2. The Bertz CT molecular complexity index is 820.